The van der Waals surface area contributed by atoms with E-state index in [0.29, 0.717) is 49.5 Å². The van der Waals surface area contributed by atoms with Gasteiger partial charge in [-0.1, -0.05) is 18.2 Å². The zero-order valence-electron chi connectivity index (χ0n) is 20.0. The van der Waals surface area contributed by atoms with Crippen molar-refractivity contribution in [2.24, 2.45) is 5.92 Å². The van der Waals surface area contributed by atoms with Crippen LogP contribution < -0.4 is 5.56 Å². The van der Waals surface area contributed by atoms with Gasteiger partial charge in [0.2, 0.25) is 0 Å². The number of aromatic hydroxyl groups is 1. The molecule has 1 saturated heterocycles. The average Bonchev–Trinajstić information content (AvgIpc) is 2.85. The molecule has 1 aliphatic heterocycles. The number of esters is 1. The van der Waals surface area contributed by atoms with Crippen LogP contribution in [0.1, 0.15) is 48.3 Å². The normalized spacial score (nSPS) is 15.6. The fraction of sp³-hybridized carbons (Fsp3) is 0.370. The van der Waals surface area contributed by atoms with E-state index >= 15 is 0 Å². The Hall–Kier alpha value is -3.52. The molecule has 4 rings (SSSR count). The molecule has 1 aromatic carbocycles. The third-order valence-corrected chi connectivity index (χ3v) is 6.52. The van der Waals surface area contributed by atoms with E-state index in [9.17, 15) is 19.1 Å². The molecule has 3 heterocycles. The Morgan fingerprint density at radius 3 is 2.63 bits per heavy atom. The van der Waals surface area contributed by atoms with Crippen LogP contribution in [0.15, 0.2) is 59.5 Å². The van der Waals surface area contributed by atoms with Crippen molar-refractivity contribution in [1.29, 1.82) is 0 Å². The van der Waals surface area contributed by atoms with Crippen LogP contribution in [-0.2, 0) is 16.1 Å². The van der Waals surface area contributed by atoms with E-state index in [-0.39, 0.29) is 35.3 Å². The number of ether oxygens (including phenoxy) is 1. The van der Waals surface area contributed by atoms with Gasteiger partial charge in [-0.25, -0.2) is 4.39 Å². The number of hydrogen-bond donors (Lipinski definition) is 1. The van der Waals surface area contributed by atoms with E-state index in [4.69, 9.17) is 4.74 Å². The van der Waals surface area contributed by atoms with Gasteiger partial charge in [0.05, 0.1) is 36.4 Å². The van der Waals surface area contributed by atoms with Crippen LogP contribution in [-0.4, -0.2) is 45.2 Å². The van der Waals surface area contributed by atoms with Gasteiger partial charge in [0.1, 0.15) is 11.6 Å². The second-order valence-corrected chi connectivity index (χ2v) is 8.82. The number of piperidine rings is 1. The van der Waals surface area contributed by atoms with E-state index in [1.165, 1.54) is 12.1 Å². The summed E-state index contributed by atoms with van der Waals surface area (Å²) in [5.41, 5.74) is 1.72. The van der Waals surface area contributed by atoms with Crippen LogP contribution in [0.4, 0.5) is 4.39 Å². The maximum atomic E-state index is 14.3. The molecule has 0 bridgehead atoms. The Morgan fingerprint density at radius 2 is 1.97 bits per heavy atom. The van der Waals surface area contributed by atoms with Gasteiger partial charge in [0.25, 0.3) is 5.56 Å². The summed E-state index contributed by atoms with van der Waals surface area (Å²) in [6, 6.07) is 12.5. The Bertz CT molecular complexity index is 1240. The molecule has 8 heteroatoms. The van der Waals surface area contributed by atoms with Crippen molar-refractivity contribution in [3.8, 4) is 5.75 Å². The number of hydrogen-bond acceptors (Lipinski definition) is 6. The third-order valence-electron chi connectivity index (χ3n) is 6.52. The molecule has 1 N–H and O–H groups in total. The van der Waals surface area contributed by atoms with Gasteiger partial charge in [0.15, 0.2) is 0 Å². The van der Waals surface area contributed by atoms with Crippen LogP contribution in [0, 0.1) is 18.7 Å². The van der Waals surface area contributed by atoms with Gasteiger partial charge >= 0.3 is 5.97 Å². The predicted molar refractivity (Wildman–Crippen MR) is 130 cm³/mol. The second kappa shape index (κ2) is 10.8. The number of aryl methyl sites for hydroxylation is 1. The van der Waals surface area contributed by atoms with E-state index < -0.39 is 11.9 Å². The Labute approximate surface area is 203 Å². The van der Waals surface area contributed by atoms with Crippen LogP contribution in [0.5, 0.6) is 5.75 Å². The molecule has 1 aliphatic rings. The second-order valence-electron chi connectivity index (χ2n) is 8.82. The standard InChI is InChI=1S/C27H30FN3O4/c1-3-35-27(34)19-10-13-30(14-11-19)25(20-7-6-8-21(28)16-20)24-23(32)15-18(2)31(26(24)33)17-22-9-4-5-12-29-22/h4-9,12,15-16,19,25,32H,3,10-11,13-14,17H2,1-2H3. The smallest absolute Gasteiger partial charge is 0.309 e. The molecule has 2 aromatic heterocycles. The van der Waals surface area contributed by atoms with Gasteiger partial charge in [0, 0.05) is 11.9 Å². The van der Waals surface area contributed by atoms with Crippen molar-refractivity contribution < 1.29 is 19.0 Å². The first kappa shape index (κ1) is 24.6. The quantitative estimate of drug-likeness (QED) is 0.519. The number of nitrogens with zero attached hydrogens (tertiary/aromatic N) is 3. The highest BCUT2D eigenvalue weighted by molar-refractivity contribution is 5.72. The highest BCUT2D eigenvalue weighted by Gasteiger charge is 2.34. The average molecular weight is 480 g/mol. The monoisotopic (exact) mass is 479 g/mol. The Kier molecular flexibility index (Phi) is 7.60. The van der Waals surface area contributed by atoms with E-state index in [2.05, 4.69) is 4.98 Å². The summed E-state index contributed by atoms with van der Waals surface area (Å²) in [5.74, 6) is -0.988. The number of carbonyl (C=O) groups is 1. The molecular weight excluding hydrogens is 449 g/mol. The number of likely N-dealkylation sites (tertiary alicyclic amines) is 1. The zero-order valence-corrected chi connectivity index (χ0v) is 20.0. The summed E-state index contributed by atoms with van der Waals surface area (Å²) in [6.45, 7) is 5.12. The predicted octanol–water partition coefficient (Wildman–Crippen LogP) is 3.81. The number of benzene rings is 1. The summed E-state index contributed by atoms with van der Waals surface area (Å²) in [7, 11) is 0. The van der Waals surface area contributed by atoms with Crippen molar-refractivity contribution in [2.45, 2.75) is 39.3 Å². The highest BCUT2D eigenvalue weighted by Crippen LogP contribution is 2.35. The molecule has 35 heavy (non-hydrogen) atoms. The Balaban J connectivity index is 1.75. The lowest BCUT2D eigenvalue weighted by atomic mass is 9.91. The van der Waals surface area contributed by atoms with Crippen LogP contribution in [0.3, 0.4) is 0 Å². The molecule has 184 valence electrons. The molecular formula is C27H30FN3O4. The summed E-state index contributed by atoms with van der Waals surface area (Å²) >= 11 is 0. The minimum Gasteiger partial charge on any atom is -0.507 e. The lowest BCUT2D eigenvalue weighted by Gasteiger charge is -2.37. The topological polar surface area (TPSA) is 84.7 Å². The fourth-order valence-electron chi connectivity index (χ4n) is 4.77. The van der Waals surface area contributed by atoms with Crippen LogP contribution >= 0.6 is 0 Å². The minimum absolute atomic E-state index is 0.133. The molecule has 0 amide bonds. The first-order valence-electron chi connectivity index (χ1n) is 11.9. The molecule has 7 nitrogen and oxygen atoms in total. The lowest BCUT2D eigenvalue weighted by molar-refractivity contribution is -0.149. The first-order chi connectivity index (χ1) is 16.9. The number of pyridine rings is 2. The molecule has 1 atom stereocenters. The van der Waals surface area contributed by atoms with Crippen LogP contribution in [0.2, 0.25) is 0 Å². The molecule has 1 fully saturated rings. The minimum atomic E-state index is -0.670. The lowest BCUT2D eigenvalue weighted by Crippen LogP contribution is -2.42. The third kappa shape index (κ3) is 5.43. The number of halogens is 1. The highest BCUT2D eigenvalue weighted by atomic mass is 19.1. The number of rotatable bonds is 7. The maximum absolute atomic E-state index is 14.3. The van der Waals surface area contributed by atoms with Crippen LogP contribution in [0.25, 0.3) is 0 Å². The molecule has 0 spiro atoms. The fourth-order valence-corrected chi connectivity index (χ4v) is 4.77. The summed E-state index contributed by atoms with van der Waals surface area (Å²) in [6.07, 6.45) is 2.78. The van der Waals surface area contributed by atoms with Gasteiger partial charge in [-0.3, -0.25) is 19.5 Å². The van der Waals surface area contributed by atoms with Gasteiger partial charge in [-0.15, -0.1) is 0 Å². The van der Waals surface area contributed by atoms with E-state index in [1.54, 1.807) is 48.9 Å². The van der Waals surface area contributed by atoms with Crippen molar-refractivity contribution in [1.82, 2.24) is 14.5 Å². The van der Waals surface area contributed by atoms with E-state index in [1.807, 2.05) is 17.0 Å². The summed E-state index contributed by atoms with van der Waals surface area (Å²) < 4.78 is 21.0. The van der Waals surface area contributed by atoms with Gasteiger partial charge in [-0.05, 0) is 75.7 Å². The van der Waals surface area contributed by atoms with Crippen molar-refractivity contribution in [3.63, 3.8) is 0 Å². The molecule has 3 aromatic rings. The van der Waals surface area contributed by atoms with Gasteiger partial charge in [-0.2, -0.15) is 0 Å². The van der Waals surface area contributed by atoms with Gasteiger partial charge < -0.3 is 14.4 Å². The molecule has 0 radical (unpaired) electrons. The largest absolute Gasteiger partial charge is 0.507 e. The number of carbonyl (C=O) groups excluding carboxylic acids is 1. The maximum Gasteiger partial charge on any atom is 0.309 e. The van der Waals surface area contributed by atoms with E-state index in [0.717, 1.165) is 0 Å². The van der Waals surface area contributed by atoms with Crippen molar-refractivity contribution >= 4 is 5.97 Å². The number of aromatic nitrogens is 2. The molecule has 1 unspecified atom stereocenters. The zero-order chi connectivity index (χ0) is 24.9. The van der Waals surface area contributed by atoms with Crippen molar-refractivity contribution in [3.05, 3.63) is 93.4 Å². The SMILES string of the molecule is CCOC(=O)C1CCN(C(c2cccc(F)c2)c2c(O)cc(C)n(Cc3ccccn3)c2=O)CC1. The Morgan fingerprint density at radius 1 is 1.20 bits per heavy atom. The summed E-state index contributed by atoms with van der Waals surface area (Å²) in [5, 5.41) is 11.0. The molecule has 0 aliphatic carbocycles. The van der Waals surface area contributed by atoms with Crippen molar-refractivity contribution in [2.75, 3.05) is 19.7 Å². The summed E-state index contributed by atoms with van der Waals surface area (Å²) in [4.78, 5) is 32.4. The first-order valence-corrected chi connectivity index (χ1v) is 11.9. The molecule has 0 saturated carbocycles.